The molecule has 18 heavy (non-hydrogen) atoms. The summed E-state index contributed by atoms with van der Waals surface area (Å²) in [6.07, 6.45) is 2.93. The highest BCUT2D eigenvalue weighted by Gasteiger charge is 2.60. The number of hydrogen-bond donors (Lipinski definition) is 1. The van der Waals surface area contributed by atoms with Crippen molar-refractivity contribution in [1.82, 2.24) is 0 Å². The molecule has 0 spiro atoms. The fraction of sp³-hybridized carbons (Fsp3) is 0.692. The second kappa shape index (κ2) is 6.00. The number of carboxylic acids is 1. The molecule has 0 aliphatic heterocycles. The largest absolute Gasteiger partial charge is 0.481 e. The predicted molar refractivity (Wildman–Crippen MR) is 65.0 cm³/mol. The molecule has 1 aliphatic rings. The molecule has 5 nitrogen and oxygen atoms in total. The number of rotatable bonds is 7. The summed E-state index contributed by atoms with van der Waals surface area (Å²) in [7, 11) is 0. The molecule has 0 aromatic rings. The zero-order valence-electron chi connectivity index (χ0n) is 11.0. The van der Waals surface area contributed by atoms with Crippen molar-refractivity contribution in [2.24, 2.45) is 17.3 Å². The van der Waals surface area contributed by atoms with Gasteiger partial charge in [-0.3, -0.25) is 4.79 Å². The summed E-state index contributed by atoms with van der Waals surface area (Å²) in [6.45, 7) is 6.80. The Labute approximate surface area is 107 Å². The number of carboxylic acid groups (broad SMARTS) is 1. The highest BCUT2D eigenvalue weighted by atomic mass is 16.6. The van der Waals surface area contributed by atoms with Crippen molar-refractivity contribution in [2.75, 3.05) is 19.8 Å². The normalized spacial score (nSPS) is 25.1. The van der Waals surface area contributed by atoms with Gasteiger partial charge in [-0.15, -0.1) is 0 Å². The summed E-state index contributed by atoms with van der Waals surface area (Å²) < 4.78 is 9.91. The lowest BCUT2D eigenvalue weighted by Crippen LogP contribution is -2.08. The molecule has 1 rings (SSSR count). The summed E-state index contributed by atoms with van der Waals surface area (Å²) in [4.78, 5) is 22.2. The van der Waals surface area contributed by atoms with Gasteiger partial charge in [0.05, 0.1) is 12.5 Å². The zero-order chi connectivity index (χ0) is 13.8. The van der Waals surface area contributed by atoms with Gasteiger partial charge in [0.2, 0.25) is 0 Å². The topological polar surface area (TPSA) is 72.8 Å². The number of allylic oxidation sites excluding steroid dienone is 1. The Morgan fingerprint density at radius 3 is 2.50 bits per heavy atom. The van der Waals surface area contributed by atoms with Crippen LogP contribution in [0.15, 0.2) is 12.2 Å². The second-order valence-electron chi connectivity index (χ2n) is 4.89. The van der Waals surface area contributed by atoms with E-state index in [9.17, 15) is 9.59 Å². The molecule has 1 N–H and O–H groups in total. The average molecular weight is 256 g/mol. The van der Waals surface area contributed by atoms with E-state index in [1.165, 1.54) is 6.08 Å². The zero-order valence-corrected chi connectivity index (χ0v) is 11.0. The quantitative estimate of drug-likeness (QED) is 0.424. The van der Waals surface area contributed by atoms with E-state index in [2.05, 4.69) is 0 Å². The van der Waals surface area contributed by atoms with Crippen molar-refractivity contribution < 1.29 is 24.2 Å². The molecule has 0 heterocycles. The fourth-order valence-electron chi connectivity index (χ4n) is 2.08. The Morgan fingerprint density at radius 1 is 1.33 bits per heavy atom. The van der Waals surface area contributed by atoms with E-state index < -0.39 is 17.9 Å². The molecule has 0 aromatic heterocycles. The van der Waals surface area contributed by atoms with Gasteiger partial charge in [-0.2, -0.15) is 0 Å². The summed E-state index contributed by atoms with van der Waals surface area (Å²) in [5.74, 6) is -1.79. The van der Waals surface area contributed by atoms with Gasteiger partial charge >= 0.3 is 11.9 Å². The molecule has 0 bridgehead atoms. The van der Waals surface area contributed by atoms with Gasteiger partial charge in [-0.05, 0) is 18.3 Å². The van der Waals surface area contributed by atoms with Crippen LogP contribution < -0.4 is 0 Å². The summed E-state index contributed by atoms with van der Waals surface area (Å²) in [6, 6.07) is 0. The Bertz CT molecular complexity index is 345. The Kier molecular flexibility index (Phi) is 4.90. The van der Waals surface area contributed by atoms with Crippen molar-refractivity contribution in [2.45, 2.75) is 20.8 Å². The summed E-state index contributed by atoms with van der Waals surface area (Å²) >= 11 is 0. The molecule has 0 amide bonds. The van der Waals surface area contributed by atoms with Crippen LogP contribution in [0.4, 0.5) is 0 Å². The monoisotopic (exact) mass is 256 g/mol. The minimum Gasteiger partial charge on any atom is -0.481 e. The number of hydrogen-bond acceptors (Lipinski definition) is 4. The van der Waals surface area contributed by atoms with Crippen molar-refractivity contribution >= 4 is 11.9 Å². The van der Waals surface area contributed by atoms with Gasteiger partial charge in [0.1, 0.15) is 6.61 Å². The third kappa shape index (κ3) is 3.57. The first-order valence-electron chi connectivity index (χ1n) is 6.06. The number of carbonyl (C=O) groups is 2. The number of esters is 1. The first kappa shape index (κ1) is 14.7. The van der Waals surface area contributed by atoms with Crippen LogP contribution >= 0.6 is 0 Å². The SMILES string of the molecule is CCOCCOC(=O)C=CC1C(C(=O)O)C1(C)C. The van der Waals surface area contributed by atoms with Crippen LogP contribution in [-0.4, -0.2) is 36.9 Å². The molecule has 1 aliphatic carbocycles. The van der Waals surface area contributed by atoms with Crippen LogP contribution in [0, 0.1) is 17.3 Å². The van der Waals surface area contributed by atoms with Crippen LogP contribution in [-0.2, 0) is 19.1 Å². The molecule has 0 aromatic carbocycles. The van der Waals surface area contributed by atoms with E-state index >= 15 is 0 Å². The molecule has 2 atom stereocenters. The van der Waals surface area contributed by atoms with Gasteiger partial charge in [0, 0.05) is 12.7 Å². The number of carbonyl (C=O) groups excluding carboxylic acids is 1. The molecule has 2 unspecified atom stereocenters. The van der Waals surface area contributed by atoms with Gasteiger partial charge in [0.25, 0.3) is 0 Å². The van der Waals surface area contributed by atoms with Crippen LogP contribution in [0.3, 0.4) is 0 Å². The lowest BCUT2D eigenvalue weighted by Gasteiger charge is -2.01. The van der Waals surface area contributed by atoms with E-state index in [0.29, 0.717) is 13.2 Å². The minimum atomic E-state index is -0.820. The maximum atomic E-state index is 11.3. The first-order chi connectivity index (χ1) is 8.41. The lowest BCUT2D eigenvalue weighted by atomic mass is 10.1. The van der Waals surface area contributed by atoms with E-state index in [-0.39, 0.29) is 17.9 Å². The van der Waals surface area contributed by atoms with Crippen LogP contribution in [0.2, 0.25) is 0 Å². The Morgan fingerprint density at radius 2 is 2.00 bits per heavy atom. The lowest BCUT2D eigenvalue weighted by molar-refractivity contribution is -0.140. The molecular weight excluding hydrogens is 236 g/mol. The summed E-state index contributed by atoms with van der Waals surface area (Å²) in [5.41, 5.74) is -0.284. The van der Waals surface area contributed by atoms with Crippen molar-refractivity contribution in [3.05, 3.63) is 12.2 Å². The van der Waals surface area contributed by atoms with Crippen molar-refractivity contribution in [3.63, 3.8) is 0 Å². The molecule has 102 valence electrons. The summed E-state index contributed by atoms with van der Waals surface area (Å²) in [5, 5.41) is 8.96. The standard InChI is InChI=1S/C13H20O5/c1-4-17-7-8-18-10(14)6-5-9-11(12(15)16)13(9,2)3/h5-6,9,11H,4,7-8H2,1-3H3,(H,15,16). The smallest absolute Gasteiger partial charge is 0.330 e. The van der Waals surface area contributed by atoms with Crippen molar-refractivity contribution in [1.29, 1.82) is 0 Å². The average Bonchev–Trinajstić information content (AvgIpc) is 2.84. The van der Waals surface area contributed by atoms with Crippen molar-refractivity contribution in [3.8, 4) is 0 Å². The maximum absolute atomic E-state index is 11.3. The number of ether oxygens (including phenoxy) is 2. The third-order valence-electron chi connectivity index (χ3n) is 3.29. The third-order valence-corrected chi connectivity index (χ3v) is 3.29. The van der Waals surface area contributed by atoms with Gasteiger partial charge < -0.3 is 14.6 Å². The fourth-order valence-corrected chi connectivity index (χ4v) is 2.08. The molecular formula is C13H20O5. The Balaban J connectivity index is 2.33. The molecule has 0 saturated heterocycles. The number of aliphatic carboxylic acids is 1. The van der Waals surface area contributed by atoms with Gasteiger partial charge in [0.15, 0.2) is 0 Å². The maximum Gasteiger partial charge on any atom is 0.330 e. The van der Waals surface area contributed by atoms with E-state index in [0.717, 1.165) is 0 Å². The highest BCUT2D eigenvalue weighted by Crippen LogP contribution is 2.58. The van der Waals surface area contributed by atoms with Crippen LogP contribution in [0.25, 0.3) is 0 Å². The van der Waals surface area contributed by atoms with E-state index in [1.54, 1.807) is 6.08 Å². The second-order valence-corrected chi connectivity index (χ2v) is 4.89. The molecule has 1 saturated carbocycles. The van der Waals surface area contributed by atoms with E-state index in [4.69, 9.17) is 14.6 Å². The Hall–Kier alpha value is -1.36. The molecule has 1 fully saturated rings. The van der Waals surface area contributed by atoms with Gasteiger partial charge in [-0.25, -0.2) is 4.79 Å². The van der Waals surface area contributed by atoms with Crippen LogP contribution in [0.1, 0.15) is 20.8 Å². The van der Waals surface area contributed by atoms with Crippen LogP contribution in [0.5, 0.6) is 0 Å². The van der Waals surface area contributed by atoms with Gasteiger partial charge in [-0.1, -0.05) is 19.9 Å². The first-order valence-corrected chi connectivity index (χ1v) is 6.06. The highest BCUT2D eigenvalue weighted by molar-refractivity contribution is 5.83. The molecule has 0 radical (unpaired) electrons. The molecule has 5 heteroatoms. The predicted octanol–water partition coefficient (Wildman–Crippen LogP) is 1.48. The van der Waals surface area contributed by atoms with E-state index in [1.807, 2.05) is 20.8 Å². The minimum absolute atomic E-state index is 0.102.